The highest BCUT2D eigenvalue weighted by Gasteiger charge is 2.38. The summed E-state index contributed by atoms with van der Waals surface area (Å²) in [5, 5.41) is 14.1. The molecular formula is C22H29BrN4O3. The Morgan fingerprint density at radius 3 is 2.53 bits per heavy atom. The molecule has 1 aromatic heterocycles. The molecule has 1 N–H and O–H groups in total. The van der Waals surface area contributed by atoms with Gasteiger partial charge in [-0.05, 0) is 56.7 Å². The predicted octanol–water partition coefficient (Wildman–Crippen LogP) is 3.31. The number of aliphatic carboxylic acids is 1. The van der Waals surface area contributed by atoms with Gasteiger partial charge < -0.3 is 9.84 Å². The van der Waals surface area contributed by atoms with Crippen molar-refractivity contribution in [3.8, 4) is 0 Å². The molecule has 1 saturated heterocycles. The molecule has 2 fully saturated rings. The van der Waals surface area contributed by atoms with Crippen LogP contribution in [0.25, 0.3) is 0 Å². The Hall–Kier alpha value is -1.77. The number of morpholine rings is 1. The van der Waals surface area contributed by atoms with Crippen LogP contribution in [0.5, 0.6) is 0 Å². The summed E-state index contributed by atoms with van der Waals surface area (Å²) in [6.07, 6.45) is 4.25. The van der Waals surface area contributed by atoms with Crippen LogP contribution >= 0.6 is 15.9 Å². The Labute approximate surface area is 185 Å². The Balaban J connectivity index is 1.45. The number of hydrogen-bond acceptors (Lipinski definition) is 5. The highest BCUT2D eigenvalue weighted by Crippen LogP contribution is 2.35. The van der Waals surface area contributed by atoms with Gasteiger partial charge in [-0.2, -0.15) is 5.10 Å². The van der Waals surface area contributed by atoms with Crippen molar-refractivity contribution < 1.29 is 14.6 Å². The molecule has 0 amide bonds. The smallest absolute Gasteiger partial charge is 0.334 e. The highest BCUT2D eigenvalue weighted by atomic mass is 79.9. The summed E-state index contributed by atoms with van der Waals surface area (Å²) in [6.45, 7) is 2.88. The molecule has 0 spiro atoms. The first-order valence-electron chi connectivity index (χ1n) is 10.6. The minimum Gasteiger partial charge on any atom is -0.479 e. The van der Waals surface area contributed by atoms with Crippen LogP contribution in [0.2, 0.25) is 0 Å². The largest absolute Gasteiger partial charge is 0.479 e. The van der Waals surface area contributed by atoms with Gasteiger partial charge in [0.2, 0.25) is 0 Å². The molecule has 7 nitrogen and oxygen atoms in total. The molecular weight excluding hydrogens is 448 g/mol. The molecule has 162 valence electrons. The molecule has 30 heavy (non-hydrogen) atoms. The van der Waals surface area contributed by atoms with E-state index in [0.29, 0.717) is 25.1 Å². The van der Waals surface area contributed by atoms with Gasteiger partial charge in [0.15, 0.2) is 11.9 Å². The number of rotatable bonds is 5. The van der Waals surface area contributed by atoms with E-state index < -0.39 is 12.1 Å². The molecule has 2 aromatic rings. The maximum atomic E-state index is 11.6. The van der Waals surface area contributed by atoms with Gasteiger partial charge in [0.25, 0.3) is 0 Å². The average molecular weight is 477 g/mol. The first-order chi connectivity index (χ1) is 14.4. The summed E-state index contributed by atoms with van der Waals surface area (Å²) in [5.41, 5.74) is 1.24. The number of ether oxygens (including phenoxy) is 1. The zero-order valence-electron chi connectivity index (χ0n) is 17.5. The Bertz CT molecular complexity index is 858. The normalized spacial score (nSPS) is 27.8. The molecule has 2 heterocycles. The van der Waals surface area contributed by atoms with Crippen molar-refractivity contribution in [2.24, 2.45) is 7.05 Å². The SMILES string of the molecule is Cc1nc(C2CCC(N3C[C@H](C(=O)O)OC[C@@H]3Cc3ccc(Br)cc3)CC2)nn1C. The van der Waals surface area contributed by atoms with Crippen molar-refractivity contribution in [3.63, 3.8) is 0 Å². The summed E-state index contributed by atoms with van der Waals surface area (Å²) >= 11 is 3.49. The number of benzene rings is 1. The molecule has 2 aliphatic rings. The summed E-state index contributed by atoms with van der Waals surface area (Å²) in [7, 11) is 1.93. The lowest BCUT2D eigenvalue weighted by atomic mass is 9.83. The van der Waals surface area contributed by atoms with Gasteiger partial charge in [0.1, 0.15) is 5.82 Å². The van der Waals surface area contributed by atoms with Crippen LogP contribution in [-0.2, 0) is 23.0 Å². The molecule has 1 aliphatic carbocycles. The Morgan fingerprint density at radius 2 is 1.93 bits per heavy atom. The number of hydrogen-bond donors (Lipinski definition) is 1. The minimum absolute atomic E-state index is 0.193. The fourth-order valence-electron chi connectivity index (χ4n) is 4.71. The topological polar surface area (TPSA) is 80.5 Å². The molecule has 1 aliphatic heterocycles. The summed E-state index contributed by atoms with van der Waals surface area (Å²) in [5.74, 6) is 1.41. The van der Waals surface area contributed by atoms with Crippen LogP contribution < -0.4 is 0 Å². The molecule has 1 aromatic carbocycles. The number of carbonyl (C=O) groups is 1. The van der Waals surface area contributed by atoms with Crippen LogP contribution in [0.4, 0.5) is 0 Å². The molecule has 4 rings (SSSR count). The van der Waals surface area contributed by atoms with Crippen molar-refractivity contribution in [1.29, 1.82) is 0 Å². The lowest BCUT2D eigenvalue weighted by Gasteiger charge is -2.45. The van der Waals surface area contributed by atoms with E-state index in [9.17, 15) is 9.90 Å². The van der Waals surface area contributed by atoms with Crippen molar-refractivity contribution in [2.75, 3.05) is 13.2 Å². The molecule has 0 unspecified atom stereocenters. The lowest BCUT2D eigenvalue weighted by molar-refractivity contribution is -0.162. The van der Waals surface area contributed by atoms with E-state index in [1.807, 2.05) is 18.7 Å². The average Bonchev–Trinajstić information content (AvgIpc) is 3.08. The second-order valence-electron chi connectivity index (χ2n) is 8.49. The third-order valence-corrected chi connectivity index (χ3v) is 7.05. The van der Waals surface area contributed by atoms with Crippen molar-refractivity contribution in [1.82, 2.24) is 19.7 Å². The van der Waals surface area contributed by atoms with E-state index in [4.69, 9.17) is 4.74 Å². The number of nitrogens with zero attached hydrogens (tertiary/aromatic N) is 4. The van der Waals surface area contributed by atoms with Crippen LogP contribution in [0.3, 0.4) is 0 Å². The number of carboxylic acids is 1. The second kappa shape index (κ2) is 9.16. The van der Waals surface area contributed by atoms with E-state index in [-0.39, 0.29) is 6.04 Å². The number of carboxylic acid groups (broad SMARTS) is 1. The number of aromatic nitrogens is 3. The van der Waals surface area contributed by atoms with Gasteiger partial charge >= 0.3 is 5.97 Å². The Kier molecular flexibility index (Phi) is 6.55. The van der Waals surface area contributed by atoms with E-state index in [2.05, 4.69) is 55.2 Å². The fraction of sp³-hybridized carbons (Fsp3) is 0.591. The zero-order valence-corrected chi connectivity index (χ0v) is 19.1. The molecule has 0 radical (unpaired) electrons. The van der Waals surface area contributed by atoms with E-state index >= 15 is 0 Å². The highest BCUT2D eigenvalue weighted by molar-refractivity contribution is 9.10. The first-order valence-corrected chi connectivity index (χ1v) is 11.4. The van der Waals surface area contributed by atoms with Gasteiger partial charge in [-0.15, -0.1) is 0 Å². The molecule has 1 saturated carbocycles. The van der Waals surface area contributed by atoms with Crippen LogP contribution in [0, 0.1) is 6.92 Å². The van der Waals surface area contributed by atoms with Gasteiger partial charge in [0.05, 0.1) is 6.61 Å². The van der Waals surface area contributed by atoms with Crippen molar-refractivity contribution >= 4 is 21.9 Å². The quantitative estimate of drug-likeness (QED) is 0.712. The molecule has 0 bridgehead atoms. The summed E-state index contributed by atoms with van der Waals surface area (Å²) in [4.78, 5) is 18.6. The van der Waals surface area contributed by atoms with Crippen LogP contribution in [0.1, 0.15) is 48.8 Å². The standard InChI is InChI=1S/C22H29BrN4O3/c1-14-24-21(25-26(14)2)16-5-9-18(10-6-16)27-12-20(22(28)29)30-13-19(27)11-15-3-7-17(23)8-4-15/h3-4,7-8,16,18-20H,5-6,9-13H2,1-2H3,(H,28,29)/t16?,18?,19-,20+/m0/s1. The fourth-order valence-corrected chi connectivity index (χ4v) is 4.97. The molecule has 2 atom stereocenters. The maximum absolute atomic E-state index is 11.6. The van der Waals surface area contributed by atoms with Gasteiger partial charge in [-0.3, -0.25) is 9.58 Å². The van der Waals surface area contributed by atoms with Crippen LogP contribution in [-0.4, -0.2) is 62.1 Å². The minimum atomic E-state index is -0.871. The van der Waals surface area contributed by atoms with Crippen molar-refractivity contribution in [2.45, 2.75) is 63.1 Å². The summed E-state index contributed by atoms with van der Waals surface area (Å²) < 4.78 is 8.61. The van der Waals surface area contributed by atoms with E-state index in [1.54, 1.807) is 0 Å². The van der Waals surface area contributed by atoms with Gasteiger partial charge in [0, 0.05) is 36.1 Å². The van der Waals surface area contributed by atoms with E-state index in [0.717, 1.165) is 48.2 Å². The third kappa shape index (κ3) is 4.76. The Morgan fingerprint density at radius 1 is 1.23 bits per heavy atom. The number of halogens is 1. The summed E-state index contributed by atoms with van der Waals surface area (Å²) in [6, 6.07) is 8.91. The maximum Gasteiger partial charge on any atom is 0.334 e. The molecule has 8 heteroatoms. The van der Waals surface area contributed by atoms with Gasteiger partial charge in [-0.25, -0.2) is 9.78 Å². The van der Waals surface area contributed by atoms with E-state index in [1.165, 1.54) is 5.56 Å². The predicted molar refractivity (Wildman–Crippen MR) is 116 cm³/mol. The zero-order chi connectivity index (χ0) is 21.3. The third-order valence-electron chi connectivity index (χ3n) is 6.52. The number of aryl methyl sites for hydroxylation is 2. The second-order valence-corrected chi connectivity index (χ2v) is 9.40. The first kappa shape index (κ1) is 21.5. The van der Waals surface area contributed by atoms with Crippen molar-refractivity contribution in [3.05, 3.63) is 46.0 Å². The van der Waals surface area contributed by atoms with Gasteiger partial charge in [-0.1, -0.05) is 28.1 Å². The lowest BCUT2D eigenvalue weighted by Crippen LogP contribution is -2.57. The van der Waals surface area contributed by atoms with Crippen LogP contribution in [0.15, 0.2) is 28.7 Å². The monoisotopic (exact) mass is 476 g/mol.